The fourth-order valence-electron chi connectivity index (χ4n) is 12.4. The molecule has 130 heavy (non-hydrogen) atoms. The third-order valence-electron chi connectivity index (χ3n) is 19.0. The summed E-state index contributed by atoms with van der Waals surface area (Å²) in [5.74, 6) is 0.221. The Balaban J connectivity index is 0.000000235. The van der Waals surface area contributed by atoms with Crippen LogP contribution < -0.4 is 28.4 Å². The zero-order valence-electron chi connectivity index (χ0n) is 72.5. The van der Waals surface area contributed by atoms with Gasteiger partial charge in [0.1, 0.15) is 152 Å². The van der Waals surface area contributed by atoms with Crippen molar-refractivity contribution in [2.75, 3.05) is 99.1 Å². The second kappa shape index (κ2) is 55.0. The molecule has 2 N–H and O–H groups in total. The summed E-state index contributed by atoms with van der Waals surface area (Å²) >= 11 is 0. The summed E-state index contributed by atoms with van der Waals surface area (Å²) in [5.41, 5.74) is 7.19. The fourth-order valence-corrected chi connectivity index (χ4v) is 12.4. The number of benzene rings is 10. The van der Waals surface area contributed by atoms with Gasteiger partial charge in [0.15, 0.2) is 0 Å². The van der Waals surface area contributed by atoms with E-state index in [2.05, 4.69) is 102 Å². The van der Waals surface area contributed by atoms with Crippen molar-refractivity contribution in [3.8, 4) is 56.8 Å². The first-order valence-corrected chi connectivity index (χ1v) is 41.0. The summed E-state index contributed by atoms with van der Waals surface area (Å²) in [6, 6.07) is 75.5. The van der Waals surface area contributed by atoms with Gasteiger partial charge in [-0.2, -0.15) is 0 Å². The van der Waals surface area contributed by atoms with Crippen LogP contribution in [0.1, 0.15) is 35.6 Å². The average Bonchev–Trinajstić information content (AvgIpc) is 1.54. The summed E-state index contributed by atoms with van der Waals surface area (Å²) in [7, 11) is 0. The van der Waals surface area contributed by atoms with E-state index in [1.54, 1.807) is 13.0 Å². The van der Waals surface area contributed by atoms with Crippen LogP contribution in [0.15, 0.2) is 357 Å². The maximum absolute atomic E-state index is 11.3. The molecule has 2 atom stereocenters. The van der Waals surface area contributed by atoms with Crippen molar-refractivity contribution < 1.29 is 120 Å². The highest BCUT2D eigenvalue weighted by Crippen LogP contribution is 2.56. The van der Waals surface area contributed by atoms with E-state index in [4.69, 9.17) is 71.1 Å². The Bertz CT molecular complexity index is 5240. The molecule has 11 rings (SSSR count). The minimum absolute atomic E-state index is 0.0482. The molecule has 676 valence electrons. The third-order valence-corrected chi connectivity index (χ3v) is 19.0. The minimum Gasteiger partial charge on any atom is -0.491 e. The van der Waals surface area contributed by atoms with Crippen LogP contribution >= 0.6 is 0 Å². The lowest BCUT2D eigenvalue weighted by molar-refractivity contribution is -0.156. The first kappa shape index (κ1) is 101. The molecule has 0 fully saturated rings. The molecule has 2 unspecified atom stereocenters. The number of ether oxygens (including phenoxy) is 15. The van der Waals surface area contributed by atoms with Crippen LogP contribution in [0.2, 0.25) is 0 Å². The zero-order chi connectivity index (χ0) is 93.9. The highest BCUT2D eigenvalue weighted by Gasteiger charge is 2.46. The standard InChI is InChI=1S/C37H34O8.C20H20O6.C17H16O3.C16H16O2.C15H20O6/c1-3-35(40)44-23-27(38)21-42-29-17-13-25(14-18-29)37(33-11-7-5-9-31(33)32-10-6-8-12-34(32)37)26-15-19-30(20-16-26)43-22-28(39)24-45-36(41)4-2;1-3-19(21)25-11-9-23-17-7-5-16-14-18(8-6-15(16)13-17)24-10-12-26-20(22)4-2;1-2-17(18)20-13-12-19-16-11-7-6-10-15(16)14-8-4-3-5-9-14;1-3-13(2)17-10-11-18-16-9-8-14-6-4-5-7-15(14)12-16;1-5-12(16)19-9-15(8-4,10-20-13(17)6-2)11-21-14(18)7-3/h3-20,27-28,38-39H,1-2,21-24H2;3-8,13-14H,1-2,9-12H2;2-11H,1,12-13H2;3-9,12H,1-2,10-11H2;5-7H,1-3,8-11H2,4H3. The van der Waals surface area contributed by atoms with Crippen molar-refractivity contribution in [3.05, 3.63) is 379 Å². The second-order valence-corrected chi connectivity index (χ2v) is 27.8. The molecule has 0 heterocycles. The summed E-state index contributed by atoms with van der Waals surface area (Å²) in [4.78, 5) is 88.9. The fraction of sp³-hybridized carbons (Fsp3) is 0.200. The largest absolute Gasteiger partial charge is 0.491 e. The molecule has 10 aromatic rings. The summed E-state index contributed by atoms with van der Waals surface area (Å²) in [6.45, 7) is 37.1. The van der Waals surface area contributed by atoms with Gasteiger partial charge in [-0.3, -0.25) is 0 Å². The number of para-hydroxylation sites is 1. The molecule has 0 saturated carbocycles. The molecule has 0 saturated heterocycles. The molecule has 0 aliphatic heterocycles. The highest BCUT2D eigenvalue weighted by molar-refractivity contribution is 5.89. The Labute approximate surface area is 756 Å². The Morgan fingerprint density at radius 1 is 0.308 bits per heavy atom. The molecule has 0 amide bonds. The Hall–Kier alpha value is -15.6. The SMILES string of the molecule is C=CC(=C)OCCOc1ccc2ccccc2c1.C=CC(=O)OCC(CC)(COC(=O)C=C)COC(=O)C=C.C=CC(=O)OCC(O)COc1ccc(C2(c3ccc(OCC(O)COC(=O)C=C)cc3)c3ccccc3-c3ccccc32)cc1.C=CC(=O)OCCOc1ccc2cc(OCCOC(=O)C=C)ccc2c1.C=CC(=O)OCCOc1ccccc1-c1ccccc1. The molecule has 0 spiro atoms. The lowest BCUT2D eigenvalue weighted by Gasteiger charge is -2.34. The molecule has 0 aromatic heterocycles. The van der Waals surface area contributed by atoms with Gasteiger partial charge in [-0.05, 0) is 140 Å². The van der Waals surface area contributed by atoms with Crippen LogP contribution in [0, 0.1) is 5.41 Å². The normalized spacial score (nSPS) is 11.3. The lowest BCUT2D eigenvalue weighted by Crippen LogP contribution is -2.38. The first-order chi connectivity index (χ1) is 63.0. The van der Waals surface area contributed by atoms with Crippen molar-refractivity contribution in [3.63, 3.8) is 0 Å². The van der Waals surface area contributed by atoms with E-state index < -0.39 is 70.8 Å². The number of allylic oxidation sites excluding steroid dienone is 1. The quantitative estimate of drug-likeness (QED) is 0.00894. The van der Waals surface area contributed by atoms with Crippen LogP contribution in [0.4, 0.5) is 0 Å². The molecule has 0 radical (unpaired) electrons. The second-order valence-electron chi connectivity index (χ2n) is 27.8. The molecule has 1 aliphatic carbocycles. The van der Waals surface area contributed by atoms with Crippen molar-refractivity contribution in [2.24, 2.45) is 5.41 Å². The van der Waals surface area contributed by atoms with Gasteiger partial charge in [-0.25, -0.2) is 38.4 Å². The summed E-state index contributed by atoms with van der Waals surface area (Å²) < 4.78 is 78.5. The van der Waals surface area contributed by atoms with E-state index in [1.807, 2.05) is 194 Å². The van der Waals surface area contributed by atoms with Gasteiger partial charge in [0, 0.05) is 54.2 Å². The van der Waals surface area contributed by atoms with Crippen LogP contribution in [0.5, 0.6) is 34.5 Å². The van der Waals surface area contributed by atoms with Crippen LogP contribution in [-0.2, 0) is 86.4 Å². The molecular formula is C105H106O25. The Morgan fingerprint density at radius 3 is 1.02 bits per heavy atom. The van der Waals surface area contributed by atoms with Crippen LogP contribution in [0.25, 0.3) is 43.8 Å². The molecular weight excluding hydrogens is 1660 g/mol. The topological polar surface area (TPSA) is 315 Å². The van der Waals surface area contributed by atoms with E-state index in [0.717, 1.165) is 115 Å². The average molecular weight is 1770 g/mol. The van der Waals surface area contributed by atoms with Gasteiger partial charge < -0.3 is 81.3 Å². The maximum Gasteiger partial charge on any atom is 0.330 e. The first-order valence-electron chi connectivity index (χ1n) is 41.0. The van der Waals surface area contributed by atoms with Crippen molar-refractivity contribution in [1.82, 2.24) is 0 Å². The number of rotatable bonds is 46. The number of esters is 8. The van der Waals surface area contributed by atoms with Crippen molar-refractivity contribution >= 4 is 69.3 Å². The van der Waals surface area contributed by atoms with E-state index in [9.17, 15) is 48.6 Å². The van der Waals surface area contributed by atoms with E-state index in [0.29, 0.717) is 55.0 Å². The summed E-state index contributed by atoms with van der Waals surface area (Å²) in [5, 5.41) is 24.7. The Morgan fingerprint density at radius 2 is 0.623 bits per heavy atom. The number of aliphatic hydroxyl groups excluding tert-OH is 2. The van der Waals surface area contributed by atoms with Crippen molar-refractivity contribution in [1.29, 1.82) is 0 Å². The number of fused-ring (bicyclic) bond motifs is 5. The van der Waals surface area contributed by atoms with Gasteiger partial charge in [0.05, 0.1) is 10.8 Å². The molecule has 25 nitrogen and oxygen atoms in total. The predicted octanol–water partition coefficient (Wildman–Crippen LogP) is 17.0. The van der Waals surface area contributed by atoms with E-state index >= 15 is 0 Å². The van der Waals surface area contributed by atoms with E-state index in [1.165, 1.54) is 10.8 Å². The molecule has 0 bridgehead atoms. The van der Waals surface area contributed by atoms with Crippen LogP contribution in [-0.4, -0.2) is 169 Å². The number of hydrogen-bond acceptors (Lipinski definition) is 25. The van der Waals surface area contributed by atoms with Gasteiger partial charge in [-0.15, -0.1) is 0 Å². The van der Waals surface area contributed by atoms with Gasteiger partial charge >= 0.3 is 47.8 Å². The smallest absolute Gasteiger partial charge is 0.330 e. The zero-order valence-corrected chi connectivity index (χ0v) is 72.5. The van der Waals surface area contributed by atoms with Gasteiger partial charge in [-0.1, -0.05) is 237 Å². The number of hydrogen-bond donors (Lipinski definition) is 2. The molecule has 25 heteroatoms. The number of carbonyl (C=O) groups excluding carboxylic acids is 8. The van der Waals surface area contributed by atoms with Crippen molar-refractivity contribution in [2.45, 2.75) is 31.0 Å². The number of carbonyl (C=O) groups is 8. The van der Waals surface area contributed by atoms with E-state index in [-0.39, 0.29) is 79.3 Å². The monoisotopic (exact) mass is 1770 g/mol. The highest BCUT2D eigenvalue weighted by atomic mass is 16.6. The minimum atomic E-state index is -0.988. The van der Waals surface area contributed by atoms with Gasteiger partial charge in [0.2, 0.25) is 0 Å². The van der Waals surface area contributed by atoms with Gasteiger partial charge in [0.25, 0.3) is 0 Å². The lowest BCUT2D eigenvalue weighted by atomic mass is 9.68. The molecule has 1 aliphatic rings. The third kappa shape index (κ3) is 32.7. The Kier molecular flexibility index (Phi) is 42.9. The molecule has 10 aromatic carbocycles. The summed E-state index contributed by atoms with van der Waals surface area (Å²) in [6.07, 6.45) is 8.55. The maximum atomic E-state index is 11.3. The van der Waals surface area contributed by atoms with Crippen LogP contribution in [0.3, 0.4) is 0 Å². The number of aliphatic hydroxyl groups is 2. The predicted molar refractivity (Wildman–Crippen MR) is 496 cm³/mol.